The Morgan fingerprint density at radius 2 is 1.97 bits per heavy atom. The van der Waals surface area contributed by atoms with Crippen LogP contribution < -0.4 is 5.32 Å². The third kappa shape index (κ3) is 3.63. The molecule has 5 aromatic rings. The Morgan fingerprint density at radius 3 is 2.77 bits per heavy atom. The maximum Gasteiger partial charge on any atom is 0.258 e. The highest BCUT2D eigenvalue weighted by molar-refractivity contribution is 7.15. The number of halogens is 3. The fourth-order valence-corrected chi connectivity index (χ4v) is 4.63. The molecule has 0 aliphatic heterocycles. The Kier molecular flexibility index (Phi) is 4.85. The van der Waals surface area contributed by atoms with Crippen LogP contribution in [0.25, 0.3) is 27.1 Å². The Labute approximate surface area is 189 Å². The highest BCUT2D eigenvalue weighted by atomic mass is 35.5. The average Bonchev–Trinajstić information content (AvgIpc) is 3.28. The maximum absolute atomic E-state index is 13.8. The standard InChI is InChI=1S/C21H12Cl2FN5OS/c1-10-6-15(14-8-12(24)3-5-17(14)25-10)19(30)26-20-27-21-29(28-20)18(9-31-21)13-4-2-11(22)7-16(13)23/h2-9H,1H3,(H,26,28,30). The van der Waals surface area contributed by atoms with Gasteiger partial charge in [0.1, 0.15) is 5.82 Å². The predicted octanol–water partition coefficient (Wildman–Crippen LogP) is 6.01. The van der Waals surface area contributed by atoms with Crippen molar-refractivity contribution >= 4 is 62.3 Å². The van der Waals surface area contributed by atoms with Crippen LogP contribution in [0.5, 0.6) is 0 Å². The first-order valence-electron chi connectivity index (χ1n) is 9.07. The fourth-order valence-electron chi connectivity index (χ4n) is 3.30. The van der Waals surface area contributed by atoms with Gasteiger partial charge in [-0.1, -0.05) is 23.2 Å². The number of nitrogens with one attached hydrogen (secondary N) is 1. The van der Waals surface area contributed by atoms with Crippen LogP contribution in [0.2, 0.25) is 10.0 Å². The van der Waals surface area contributed by atoms with Gasteiger partial charge < -0.3 is 0 Å². The summed E-state index contributed by atoms with van der Waals surface area (Å²) in [7, 11) is 0. The van der Waals surface area contributed by atoms with E-state index in [9.17, 15) is 9.18 Å². The molecule has 1 N–H and O–H groups in total. The molecule has 0 aliphatic rings. The normalized spacial score (nSPS) is 11.4. The van der Waals surface area contributed by atoms with Gasteiger partial charge in [-0.3, -0.25) is 15.1 Å². The van der Waals surface area contributed by atoms with E-state index < -0.39 is 11.7 Å². The monoisotopic (exact) mass is 471 g/mol. The summed E-state index contributed by atoms with van der Waals surface area (Å²) in [5, 5.41) is 10.4. The molecule has 6 nitrogen and oxygen atoms in total. The van der Waals surface area contributed by atoms with Crippen LogP contribution in [0.15, 0.2) is 47.8 Å². The predicted molar refractivity (Wildman–Crippen MR) is 121 cm³/mol. The summed E-state index contributed by atoms with van der Waals surface area (Å²) in [6.45, 7) is 1.77. The van der Waals surface area contributed by atoms with Crippen LogP contribution in [0.1, 0.15) is 16.1 Å². The number of rotatable bonds is 3. The van der Waals surface area contributed by atoms with Gasteiger partial charge in [-0.25, -0.2) is 8.91 Å². The van der Waals surface area contributed by atoms with Gasteiger partial charge in [0.05, 0.1) is 21.8 Å². The summed E-state index contributed by atoms with van der Waals surface area (Å²) >= 11 is 13.7. The molecule has 0 radical (unpaired) electrons. The van der Waals surface area contributed by atoms with E-state index in [1.807, 2.05) is 5.38 Å². The first-order valence-corrected chi connectivity index (χ1v) is 10.7. The number of nitrogens with zero attached hydrogens (tertiary/aromatic N) is 4. The molecule has 1 amide bonds. The fraction of sp³-hybridized carbons (Fsp3) is 0.0476. The molecule has 0 fully saturated rings. The molecule has 10 heteroatoms. The molecule has 154 valence electrons. The molecule has 0 aliphatic carbocycles. The van der Waals surface area contributed by atoms with E-state index in [1.165, 1.54) is 23.5 Å². The highest BCUT2D eigenvalue weighted by Crippen LogP contribution is 2.33. The molecule has 0 saturated carbocycles. The van der Waals surface area contributed by atoms with E-state index in [2.05, 4.69) is 20.4 Å². The van der Waals surface area contributed by atoms with Gasteiger partial charge in [0.2, 0.25) is 4.96 Å². The van der Waals surface area contributed by atoms with E-state index in [0.717, 1.165) is 11.3 Å². The zero-order chi connectivity index (χ0) is 21.7. The minimum absolute atomic E-state index is 0.127. The Hall–Kier alpha value is -3.07. The largest absolute Gasteiger partial charge is 0.289 e. The van der Waals surface area contributed by atoms with Crippen LogP contribution in [0.4, 0.5) is 10.3 Å². The number of aromatic nitrogens is 4. The van der Waals surface area contributed by atoms with Gasteiger partial charge in [-0.15, -0.1) is 16.4 Å². The molecule has 0 atom stereocenters. The topological polar surface area (TPSA) is 72.2 Å². The summed E-state index contributed by atoms with van der Waals surface area (Å²) < 4.78 is 15.4. The Bertz CT molecular complexity index is 1500. The van der Waals surface area contributed by atoms with Crippen molar-refractivity contribution in [3.05, 3.63) is 75.0 Å². The molecule has 0 bridgehead atoms. The van der Waals surface area contributed by atoms with E-state index in [4.69, 9.17) is 23.2 Å². The van der Waals surface area contributed by atoms with Gasteiger partial charge in [0.15, 0.2) is 0 Å². The van der Waals surface area contributed by atoms with Crippen LogP contribution in [-0.4, -0.2) is 25.5 Å². The zero-order valence-electron chi connectivity index (χ0n) is 15.9. The number of hydrogen-bond acceptors (Lipinski definition) is 5. The van der Waals surface area contributed by atoms with Crippen LogP contribution in [-0.2, 0) is 0 Å². The molecule has 2 aromatic carbocycles. The number of carbonyl (C=O) groups is 1. The second kappa shape index (κ2) is 7.56. The van der Waals surface area contributed by atoms with E-state index in [1.54, 1.807) is 41.8 Å². The average molecular weight is 472 g/mol. The van der Waals surface area contributed by atoms with Gasteiger partial charge in [0.25, 0.3) is 11.9 Å². The summed E-state index contributed by atoms with van der Waals surface area (Å²) in [4.78, 5) is 22.3. The summed E-state index contributed by atoms with van der Waals surface area (Å²) in [5.41, 5.74) is 2.93. The lowest BCUT2D eigenvalue weighted by atomic mass is 10.1. The van der Waals surface area contributed by atoms with Crippen LogP contribution >= 0.6 is 34.5 Å². The summed E-state index contributed by atoms with van der Waals surface area (Å²) in [6, 6.07) is 10.9. The number of thiazole rings is 1. The van der Waals surface area contributed by atoms with E-state index in [-0.39, 0.29) is 5.95 Å². The number of pyridine rings is 1. The Balaban J connectivity index is 1.52. The number of fused-ring (bicyclic) bond motifs is 2. The maximum atomic E-state index is 13.8. The molecule has 3 heterocycles. The van der Waals surface area contributed by atoms with Crippen LogP contribution in [0, 0.1) is 12.7 Å². The quantitative estimate of drug-likeness (QED) is 0.349. The van der Waals surface area contributed by atoms with Crippen molar-refractivity contribution in [2.24, 2.45) is 0 Å². The number of carbonyl (C=O) groups excluding carboxylic acids is 1. The number of anilines is 1. The van der Waals surface area contributed by atoms with Crippen molar-refractivity contribution in [1.82, 2.24) is 19.6 Å². The number of aryl methyl sites for hydroxylation is 1. The molecule has 3 aromatic heterocycles. The number of amides is 1. The molecule has 0 spiro atoms. The first-order chi connectivity index (χ1) is 14.9. The Morgan fingerprint density at radius 1 is 1.13 bits per heavy atom. The van der Waals surface area contributed by atoms with E-state index >= 15 is 0 Å². The molecular formula is C21H12Cl2FN5OS. The smallest absolute Gasteiger partial charge is 0.258 e. The van der Waals surface area contributed by atoms with Crippen molar-refractivity contribution in [3.8, 4) is 11.3 Å². The number of hydrogen-bond donors (Lipinski definition) is 1. The lowest BCUT2D eigenvalue weighted by Gasteiger charge is -2.07. The third-order valence-corrected chi connectivity index (χ3v) is 6.02. The van der Waals surface area contributed by atoms with Gasteiger partial charge >= 0.3 is 0 Å². The molecule has 31 heavy (non-hydrogen) atoms. The second-order valence-corrected chi connectivity index (χ2v) is 8.48. The van der Waals surface area contributed by atoms with Gasteiger partial charge in [-0.2, -0.15) is 4.98 Å². The summed E-state index contributed by atoms with van der Waals surface area (Å²) in [5.74, 6) is -0.773. The van der Waals surface area contributed by atoms with E-state index in [0.29, 0.717) is 37.2 Å². The van der Waals surface area contributed by atoms with Gasteiger partial charge in [0, 0.05) is 27.0 Å². The van der Waals surface area contributed by atoms with Crippen molar-refractivity contribution in [1.29, 1.82) is 0 Å². The molecule has 5 rings (SSSR count). The SMILES string of the molecule is Cc1cc(C(=O)Nc2nc3scc(-c4ccc(Cl)cc4Cl)n3n2)c2cc(F)ccc2n1. The minimum atomic E-state index is -0.453. The van der Waals surface area contributed by atoms with Crippen molar-refractivity contribution in [2.75, 3.05) is 5.32 Å². The second-order valence-electron chi connectivity index (χ2n) is 6.80. The molecule has 0 unspecified atom stereocenters. The van der Waals surface area contributed by atoms with Crippen molar-refractivity contribution < 1.29 is 9.18 Å². The summed E-state index contributed by atoms with van der Waals surface area (Å²) in [6.07, 6.45) is 0. The zero-order valence-corrected chi connectivity index (χ0v) is 18.2. The van der Waals surface area contributed by atoms with Crippen LogP contribution in [0.3, 0.4) is 0 Å². The number of benzene rings is 2. The van der Waals surface area contributed by atoms with Crippen molar-refractivity contribution in [3.63, 3.8) is 0 Å². The third-order valence-electron chi connectivity index (χ3n) is 4.66. The minimum Gasteiger partial charge on any atom is -0.289 e. The molecular weight excluding hydrogens is 460 g/mol. The molecule has 0 saturated heterocycles. The highest BCUT2D eigenvalue weighted by Gasteiger charge is 2.18. The lowest BCUT2D eigenvalue weighted by Crippen LogP contribution is -2.14. The first kappa shape index (κ1) is 19.9. The van der Waals surface area contributed by atoms with Crippen molar-refractivity contribution in [2.45, 2.75) is 6.92 Å². The lowest BCUT2D eigenvalue weighted by molar-refractivity contribution is 0.102. The van der Waals surface area contributed by atoms with Gasteiger partial charge in [-0.05, 0) is 49.4 Å².